The minimum Gasteiger partial charge on any atom is -0.408 e. The maximum absolute atomic E-state index is 5.41. The number of nitrogens with one attached hydrogen (secondary N) is 1. The zero-order valence-electron chi connectivity index (χ0n) is 11.1. The molecule has 0 radical (unpaired) electrons. The van der Waals surface area contributed by atoms with Gasteiger partial charge in [0.05, 0.1) is 11.4 Å². The molecule has 0 aromatic carbocycles. The van der Waals surface area contributed by atoms with Crippen LogP contribution in [0.2, 0.25) is 0 Å². The predicted molar refractivity (Wildman–Crippen MR) is 68.9 cm³/mol. The van der Waals surface area contributed by atoms with Gasteiger partial charge in [-0.15, -0.1) is 15.3 Å². The summed E-state index contributed by atoms with van der Waals surface area (Å²) in [5.41, 5.74) is 7.23. The highest BCUT2D eigenvalue weighted by Crippen LogP contribution is 2.12. The van der Waals surface area contributed by atoms with E-state index in [0.717, 1.165) is 24.2 Å². The third-order valence-electron chi connectivity index (χ3n) is 2.55. The number of aromatic nitrogens is 5. The first-order valence-electron chi connectivity index (χ1n) is 6.28. The molecule has 0 aliphatic heterocycles. The summed E-state index contributed by atoms with van der Waals surface area (Å²) in [6, 6.07) is 0.247. The lowest BCUT2D eigenvalue weighted by Gasteiger charge is -2.04. The maximum Gasteiger partial charge on any atom is 0.322 e. The Morgan fingerprint density at radius 2 is 1.84 bits per heavy atom. The van der Waals surface area contributed by atoms with Crippen LogP contribution in [0.15, 0.2) is 4.42 Å². The van der Waals surface area contributed by atoms with Gasteiger partial charge in [0.2, 0.25) is 5.89 Å². The van der Waals surface area contributed by atoms with Crippen molar-refractivity contribution in [3.8, 4) is 0 Å². The van der Waals surface area contributed by atoms with Crippen molar-refractivity contribution in [2.24, 2.45) is 5.73 Å². The summed E-state index contributed by atoms with van der Waals surface area (Å²) >= 11 is 0. The maximum atomic E-state index is 5.41. The molecule has 0 aliphatic carbocycles. The Balaban J connectivity index is 2.13. The van der Waals surface area contributed by atoms with Crippen molar-refractivity contribution < 1.29 is 4.42 Å². The Kier molecular flexibility index (Phi) is 4.35. The Morgan fingerprint density at radius 1 is 1.05 bits per heavy atom. The molecule has 0 spiro atoms. The first-order valence-corrected chi connectivity index (χ1v) is 6.28. The summed E-state index contributed by atoms with van der Waals surface area (Å²) < 4.78 is 5.34. The Hall–Kier alpha value is -2.09. The largest absolute Gasteiger partial charge is 0.408 e. The topological polar surface area (TPSA) is 116 Å². The van der Waals surface area contributed by atoms with Gasteiger partial charge in [-0.05, 0) is 12.8 Å². The van der Waals surface area contributed by atoms with E-state index in [1.165, 1.54) is 0 Å². The predicted octanol–water partition coefficient (Wildman–Crippen LogP) is 0.624. The molecule has 2 heterocycles. The van der Waals surface area contributed by atoms with Crippen molar-refractivity contribution in [3.63, 3.8) is 0 Å². The lowest BCUT2D eigenvalue weighted by Crippen LogP contribution is -2.06. The zero-order chi connectivity index (χ0) is 13.7. The van der Waals surface area contributed by atoms with Gasteiger partial charge in [0, 0.05) is 13.0 Å². The smallest absolute Gasteiger partial charge is 0.322 e. The number of nitrogens with zero attached hydrogens (tertiary/aromatic N) is 5. The Bertz CT molecular complexity index is 540. The molecule has 102 valence electrons. The van der Waals surface area contributed by atoms with Crippen molar-refractivity contribution in [3.05, 3.63) is 17.3 Å². The monoisotopic (exact) mass is 263 g/mol. The van der Waals surface area contributed by atoms with Crippen LogP contribution in [0.3, 0.4) is 0 Å². The molecule has 0 bridgehead atoms. The first kappa shape index (κ1) is 13.3. The van der Waals surface area contributed by atoms with Crippen LogP contribution in [0, 0.1) is 0 Å². The summed E-state index contributed by atoms with van der Waals surface area (Å²) in [5, 5.41) is 18.6. The van der Waals surface area contributed by atoms with E-state index >= 15 is 0 Å². The molecule has 2 aromatic rings. The van der Waals surface area contributed by atoms with Gasteiger partial charge in [0.15, 0.2) is 0 Å². The van der Waals surface area contributed by atoms with Gasteiger partial charge < -0.3 is 10.2 Å². The highest BCUT2D eigenvalue weighted by Gasteiger charge is 2.10. The van der Waals surface area contributed by atoms with Crippen LogP contribution in [0.25, 0.3) is 0 Å². The van der Waals surface area contributed by atoms with Gasteiger partial charge in [0.1, 0.15) is 0 Å². The molecule has 19 heavy (non-hydrogen) atoms. The van der Waals surface area contributed by atoms with E-state index in [1.807, 2.05) is 13.8 Å². The lowest BCUT2D eigenvalue weighted by molar-refractivity contribution is 0.509. The summed E-state index contributed by atoms with van der Waals surface area (Å²) in [6.07, 6.45) is 2.16. The first-order chi connectivity index (χ1) is 9.26. The number of hydrogen-bond donors (Lipinski definition) is 2. The summed E-state index contributed by atoms with van der Waals surface area (Å²) in [5.74, 6) is 0.843. The SMILES string of the molecule is CCc1nnc(Nc2nnc(CCN)o2)nc1CC. The van der Waals surface area contributed by atoms with Crippen LogP contribution in [0.4, 0.5) is 12.0 Å². The molecule has 0 amide bonds. The highest BCUT2D eigenvalue weighted by molar-refractivity contribution is 5.39. The van der Waals surface area contributed by atoms with Crippen LogP contribution in [-0.4, -0.2) is 31.9 Å². The molecule has 2 aromatic heterocycles. The second kappa shape index (κ2) is 6.19. The number of rotatable bonds is 6. The van der Waals surface area contributed by atoms with E-state index in [9.17, 15) is 0 Å². The molecule has 0 unspecified atom stereocenters. The fraction of sp³-hybridized carbons (Fsp3) is 0.545. The minimum atomic E-state index is 0.247. The zero-order valence-corrected chi connectivity index (χ0v) is 11.1. The average molecular weight is 263 g/mol. The van der Waals surface area contributed by atoms with Crippen LogP contribution in [-0.2, 0) is 19.3 Å². The van der Waals surface area contributed by atoms with Crippen molar-refractivity contribution in [2.75, 3.05) is 11.9 Å². The quantitative estimate of drug-likeness (QED) is 0.779. The molecule has 0 aliphatic rings. The normalized spacial score (nSPS) is 10.7. The molecule has 8 heteroatoms. The van der Waals surface area contributed by atoms with Crippen molar-refractivity contribution >= 4 is 12.0 Å². The lowest BCUT2D eigenvalue weighted by atomic mass is 10.2. The van der Waals surface area contributed by atoms with Gasteiger partial charge in [-0.25, -0.2) is 4.98 Å². The number of aryl methyl sites for hydroxylation is 2. The molecule has 0 saturated carbocycles. The van der Waals surface area contributed by atoms with E-state index < -0.39 is 0 Å². The van der Waals surface area contributed by atoms with Gasteiger partial charge in [0.25, 0.3) is 5.95 Å². The minimum absolute atomic E-state index is 0.247. The van der Waals surface area contributed by atoms with Crippen LogP contribution in [0.5, 0.6) is 0 Å². The van der Waals surface area contributed by atoms with Gasteiger partial charge in [-0.1, -0.05) is 18.9 Å². The number of hydrogen-bond acceptors (Lipinski definition) is 8. The van der Waals surface area contributed by atoms with E-state index in [0.29, 0.717) is 24.8 Å². The van der Waals surface area contributed by atoms with E-state index in [1.54, 1.807) is 0 Å². The number of anilines is 2. The second-order valence-corrected chi connectivity index (χ2v) is 3.90. The molecule has 0 saturated heterocycles. The molecule has 0 fully saturated rings. The highest BCUT2D eigenvalue weighted by atomic mass is 16.4. The van der Waals surface area contributed by atoms with Crippen molar-refractivity contribution in [2.45, 2.75) is 33.1 Å². The molecule has 2 rings (SSSR count). The summed E-state index contributed by atoms with van der Waals surface area (Å²) in [4.78, 5) is 4.38. The van der Waals surface area contributed by atoms with E-state index in [4.69, 9.17) is 10.2 Å². The van der Waals surface area contributed by atoms with E-state index in [2.05, 4.69) is 30.7 Å². The van der Waals surface area contributed by atoms with Gasteiger partial charge >= 0.3 is 6.01 Å². The fourth-order valence-corrected chi connectivity index (χ4v) is 1.62. The van der Waals surface area contributed by atoms with Crippen molar-refractivity contribution in [1.82, 2.24) is 25.4 Å². The molecule has 0 atom stereocenters. The van der Waals surface area contributed by atoms with Crippen LogP contribution >= 0.6 is 0 Å². The van der Waals surface area contributed by atoms with Crippen molar-refractivity contribution in [1.29, 1.82) is 0 Å². The third-order valence-corrected chi connectivity index (χ3v) is 2.55. The van der Waals surface area contributed by atoms with Crippen LogP contribution in [0.1, 0.15) is 31.1 Å². The Morgan fingerprint density at radius 3 is 2.53 bits per heavy atom. The summed E-state index contributed by atoms with van der Waals surface area (Å²) in [6.45, 7) is 4.51. The second-order valence-electron chi connectivity index (χ2n) is 3.90. The molecule has 3 N–H and O–H groups in total. The van der Waals surface area contributed by atoms with E-state index in [-0.39, 0.29) is 6.01 Å². The molecule has 8 nitrogen and oxygen atoms in total. The van der Waals surface area contributed by atoms with Gasteiger partial charge in [-0.3, -0.25) is 5.32 Å². The molecular weight excluding hydrogens is 246 g/mol. The van der Waals surface area contributed by atoms with Gasteiger partial charge in [-0.2, -0.15) is 0 Å². The average Bonchev–Trinajstić information content (AvgIpc) is 2.86. The third kappa shape index (κ3) is 3.22. The standard InChI is InChI=1S/C11H17N7O/c1-3-7-8(4-2)15-17-10(13-7)14-11-18-16-9(19-11)5-6-12/h3-6,12H2,1-2H3,(H,13,14,17,18). The Labute approximate surface area is 110 Å². The fourth-order valence-electron chi connectivity index (χ4n) is 1.62. The van der Waals surface area contributed by atoms with Crippen LogP contribution < -0.4 is 11.1 Å². The number of nitrogens with two attached hydrogens (primary N) is 1. The molecular formula is C11H17N7O. The summed E-state index contributed by atoms with van der Waals surface area (Å²) in [7, 11) is 0.